The first-order chi connectivity index (χ1) is 12.1. The number of amides is 1. The Morgan fingerprint density at radius 1 is 1.00 bits per heavy atom. The average molecular weight is 329 g/mol. The number of nitrogens with one attached hydrogen (secondary N) is 1. The highest BCUT2D eigenvalue weighted by atomic mass is 16.2. The van der Waals surface area contributed by atoms with E-state index in [4.69, 9.17) is 0 Å². The summed E-state index contributed by atoms with van der Waals surface area (Å²) in [6, 6.07) is 17.8. The highest BCUT2D eigenvalue weighted by molar-refractivity contribution is 6.11. The first kappa shape index (κ1) is 15.4. The topological polar surface area (TPSA) is 45.2 Å². The van der Waals surface area contributed by atoms with Gasteiger partial charge in [0.15, 0.2) is 0 Å². The van der Waals surface area contributed by atoms with Crippen molar-refractivity contribution >= 4 is 17.3 Å². The average Bonchev–Trinajstić information content (AvgIpc) is 2.91. The maximum absolute atomic E-state index is 13.0. The van der Waals surface area contributed by atoms with Crippen LogP contribution in [0.15, 0.2) is 67.0 Å². The van der Waals surface area contributed by atoms with Crippen LogP contribution in [0.25, 0.3) is 0 Å². The smallest absolute Gasteiger partial charge is 0.260 e. The molecule has 3 aromatic rings. The van der Waals surface area contributed by atoms with E-state index >= 15 is 0 Å². The predicted octanol–water partition coefficient (Wildman–Crippen LogP) is 4.47. The number of anilines is 2. The quantitative estimate of drug-likeness (QED) is 0.771. The molecular weight excluding hydrogens is 310 g/mol. The second-order valence-corrected chi connectivity index (χ2v) is 6.32. The van der Waals surface area contributed by atoms with Crippen LogP contribution in [0.3, 0.4) is 0 Å². The van der Waals surface area contributed by atoms with Gasteiger partial charge >= 0.3 is 0 Å². The van der Waals surface area contributed by atoms with Gasteiger partial charge in [-0.15, -0.1) is 0 Å². The summed E-state index contributed by atoms with van der Waals surface area (Å²) in [5.74, 6) is -0.00932. The number of nitrogens with zero attached hydrogens (tertiary/aromatic N) is 2. The molecule has 25 heavy (non-hydrogen) atoms. The second-order valence-electron chi connectivity index (χ2n) is 6.32. The van der Waals surface area contributed by atoms with Gasteiger partial charge in [-0.3, -0.25) is 14.7 Å². The molecule has 4 nitrogen and oxygen atoms in total. The summed E-state index contributed by atoms with van der Waals surface area (Å²) in [5, 5.41) is 3.52. The molecule has 1 aliphatic heterocycles. The third kappa shape index (κ3) is 2.66. The van der Waals surface area contributed by atoms with Crippen molar-refractivity contribution in [2.45, 2.75) is 20.0 Å². The minimum absolute atomic E-state index is 0.00932. The van der Waals surface area contributed by atoms with Crippen LogP contribution in [-0.2, 0) is 0 Å². The number of carbonyl (C=O) groups excluding carboxylic acids is 1. The number of pyridine rings is 1. The van der Waals surface area contributed by atoms with Gasteiger partial charge in [-0.25, -0.2) is 0 Å². The van der Waals surface area contributed by atoms with Gasteiger partial charge in [0.05, 0.1) is 11.9 Å². The van der Waals surface area contributed by atoms with Gasteiger partial charge in [-0.05, 0) is 55.3 Å². The van der Waals surface area contributed by atoms with Gasteiger partial charge in [0.1, 0.15) is 6.17 Å². The van der Waals surface area contributed by atoms with E-state index in [0.717, 1.165) is 22.5 Å². The van der Waals surface area contributed by atoms with E-state index in [1.54, 1.807) is 17.3 Å². The zero-order valence-electron chi connectivity index (χ0n) is 14.2. The standard InChI is InChI=1S/C21H19N3O/c1-14-9-10-16(12-15(14)2)23-20-18-7-3-4-8-19(18)21(25)24(20)17-6-5-11-22-13-17/h3-13,20,23H,1-2H3/t20-/m0/s1. The molecule has 0 aliphatic carbocycles. The van der Waals surface area contributed by atoms with Crippen molar-refractivity contribution in [2.75, 3.05) is 10.2 Å². The third-order valence-corrected chi connectivity index (χ3v) is 4.70. The molecule has 0 bridgehead atoms. The molecule has 2 aromatic carbocycles. The molecular formula is C21H19N3O. The van der Waals surface area contributed by atoms with Crippen molar-refractivity contribution in [1.82, 2.24) is 4.98 Å². The van der Waals surface area contributed by atoms with Crippen LogP contribution >= 0.6 is 0 Å². The van der Waals surface area contributed by atoms with Crippen LogP contribution in [0.4, 0.5) is 11.4 Å². The number of aryl methyl sites for hydroxylation is 2. The number of benzene rings is 2. The van der Waals surface area contributed by atoms with Gasteiger partial charge in [-0.2, -0.15) is 0 Å². The Hall–Kier alpha value is -3.14. The molecule has 1 amide bonds. The Bertz CT molecular complexity index is 937. The van der Waals surface area contributed by atoms with Gasteiger partial charge in [0.25, 0.3) is 5.91 Å². The Labute approximate surface area is 147 Å². The lowest BCUT2D eigenvalue weighted by Gasteiger charge is -2.27. The summed E-state index contributed by atoms with van der Waals surface area (Å²) >= 11 is 0. The van der Waals surface area contributed by atoms with Crippen molar-refractivity contribution in [3.63, 3.8) is 0 Å². The molecule has 0 saturated carbocycles. The van der Waals surface area contributed by atoms with Crippen LogP contribution in [0.2, 0.25) is 0 Å². The monoisotopic (exact) mass is 329 g/mol. The lowest BCUT2D eigenvalue weighted by molar-refractivity contribution is 0.0993. The third-order valence-electron chi connectivity index (χ3n) is 4.70. The molecule has 1 N–H and O–H groups in total. The molecule has 0 unspecified atom stereocenters. The molecule has 4 rings (SSSR count). The van der Waals surface area contributed by atoms with E-state index < -0.39 is 0 Å². The second kappa shape index (κ2) is 6.06. The Morgan fingerprint density at radius 3 is 2.60 bits per heavy atom. The van der Waals surface area contributed by atoms with Crippen molar-refractivity contribution in [2.24, 2.45) is 0 Å². The molecule has 4 heteroatoms. The van der Waals surface area contributed by atoms with Crippen LogP contribution < -0.4 is 10.2 Å². The zero-order valence-corrected chi connectivity index (χ0v) is 14.2. The number of carbonyl (C=O) groups is 1. The normalized spacial score (nSPS) is 16.0. The molecule has 1 aromatic heterocycles. The molecule has 2 heterocycles. The summed E-state index contributed by atoms with van der Waals surface area (Å²) in [4.78, 5) is 18.9. The number of aromatic nitrogens is 1. The summed E-state index contributed by atoms with van der Waals surface area (Å²) in [6.45, 7) is 4.18. The molecule has 0 spiro atoms. The molecule has 1 atom stereocenters. The van der Waals surface area contributed by atoms with E-state index in [-0.39, 0.29) is 12.1 Å². The van der Waals surface area contributed by atoms with E-state index in [2.05, 4.69) is 42.3 Å². The zero-order chi connectivity index (χ0) is 17.4. The van der Waals surface area contributed by atoms with Gasteiger partial charge in [0.2, 0.25) is 0 Å². The first-order valence-corrected chi connectivity index (χ1v) is 8.31. The highest BCUT2D eigenvalue weighted by Gasteiger charge is 2.37. The van der Waals surface area contributed by atoms with Crippen LogP contribution in [0, 0.1) is 13.8 Å². The van der Waals surface area contributed by atoms with Crippen molar-refractivity contribution in [3.8, 4) is 0 Å². The maximum atomic E-state index is 13.0. The Balaban J connectivity index is 1.78. The van der Waals surface area contributed by atoms with Crippen molar-refractivity contribution in [1.29, 1.82) is 0 Å². The Morgan fingerprint density at radius 2 is 1.84 bits per heavy atom. The van der Waals surface area contributed by atoms with Crippen LogP contribution in [0.5, 0.6) is 0 Å². The van der Waals surface area contributed by atoms with Crippen molar-refractivity contribution in [3.05, 3.63) is 89.2 Å². The first-order valence-electron chi connectivity index (χ1n) is 8.31. The van der Waals surface area contributed by atoms with Gasteiger partial charge < -0.3 is 5.32 Å². The fraction of sp³-hybridized carbons (Fsp3) is 0.143. The maximum Gasteiger partial charge on any atom is 0.260 e. The summed E-state index contributed by atoms with van der Waals surface area (Å²) < 4.78 is 0. The largest absolute Gasteiger partial charge is 0.361 e. The number of fused-ring (bicyclic) bond motifs is 1. The highest BCUT2D eigenvalue weighted by Crippen LogP contribution is 2.37. The lowest BCUT2D eigenvalue weighted by Crippen LogP contribution is -2.32. The minimum Gasteiger partial charge on any atom is -0.361 e. The Kier molecular flexibility index (Phi) is 3.73. The summed E-state index contributed by atoms with van der Waals surface area (Å²) in [7, 11) is 0. The number of hydrogen-bond donors (Lipinski definition) is 1. The minimum atomic E-state index is -0.255. The van der Waals surface area contributed by atoms with E-state index in [0.29, 0.717) is 0 Å². The van der Waals surface area contributed by atoms with Crippen LogP contribution in [-0.4, -0.2) is 10.9 Å². The fourth-order valence-corrected chi connectivity index (χ4v) is 3.21. The lowest BCUT2D eigenvalue weighted by atomic mass is 10.1. The SMILES string of the molecule is Cc1ccc(N[C@@H]2c3ccccc3C(=O)N2c2cccnc2)cc1C. The van der Waals surface area contributed by atoms with E-state index in [1.165, 1.54) is 11.1 Å². The van der Waals surface area contributed by atoms with Gasteiger partial charge in [0, 0.05) is 23.0 Å². The molecule has 0 fully saturated rings. The van der Waals surface area contributed by atoms with Gasteiger partial charge in [-0.1, -0.05) is 24.3 Å². The predicted molar refractivity (Wildman–Crippen MR) is 99.8 cm³/mol. The number of hydrogen-bond acceptors (Lipinski definition) is 3. The molecule has 124 valence electrons. The van der Waals surface area contributed by atoms with E-state index in [1.807, 2.05) is 36.4 Å². The summed E-state index contributed by atoms with van der Waals surface area (Å²) in [6.07, 6.45) is 3.18. The molecule has 0 saturated heterocycles. The number of rotatable bonds is 3. The summed E-state index contributed by atoms with van der Waals surface area (Å²) in [5.41, 5.74) is 5.95. The molecule has 1 aliphatic rings. The van der Waals surface area contributed by atoms with Crippen molar-refractivity contribution < 1.29 is 4.79 Å². The molecule has 0 radical (unpaired) electrons. The fourth-order valence-electron chi connectivity index (χ4n) is 3.21. The van der Waals surface area contributed by atoms with E-state index in [9.17, 15) is 4.79 Å². The van der Waals surface area contributed by atoms with Crippen LogP contribution in [0.1, 0.15) is 33.2 Å².